The maximum Gasteiger partial charge on any atom is 0.306 e. The van der Waals surface area contributed by atoms with Crippen LogP contribution in [0.15, 0.2) is 18.2 Å². The summed E-state index contributed by atoms with van der Waals surface area (Å²) in [6.45, 7) is 4.43. The number of methoxy groups -OCH3 is 1. The molecule has 1 fully saturated rings. The molecule has 1 heterocycles. The zero-order chi connectivity index (χ0) is 15.7. The first-order valence-corrected chi connectivity index (χ1v) is 8.60. The van der Waals surface area contributed by atoms with E-state index in [4.69, 9.17) is 4.74 Å². The molecule has 1 N–H and O–H groups in total. The molecule has 0 bridgehead atoms. The predicted molar refractivity (Wildman–Crippen MR) is 89.2 cm³/mol. The maximum atomic E-state index is 12.0. The molecule has 0 radical (unpaired) electrons. The van der Waals surface area contributed by atoms with E-state index < -0.39 is 0 Å². The second-order valence-electron chi connectivity index (χ2n) is 6.82. The second-order valence-corrected chi connectivity index (χ2v) is 6.82. The third kappa shape index (κ3) is 2.31. The van der Waals surface area contributed by atoms with Crippen molar-refractivity contribution in [1.82, 2.24) is 0 Å². The number of benzene rings is 1. The van der Waals surface area contributed by atoms with Gasteiger partial charge in [0.15, 0.2) is 0 Å². The average molecular weight is 301 g/mol. The van der Waals surface area contributed by atoms with Gasteiger partial charge in [0.05, 0.1) is 13.5 Å². The van der Waals surface area contributed by atoms with Gasteiger partial charge in [-0.3, -0.25) is 4.79 Å². The van der Waals surface area contributed by atoms with E-state index in [9.17, 15) is 4.79 Å². The highest BCUT2D eigenvalue weighted by molar-refractivity contribution is 5.71. The number of rotatable bonds is 4. The van der Waals surface area contributed by atoms with Gasteiger partial charge in [-0.25, -0.2) is 0 Å². The largest absolute Gasteiger partial charge is 0.469 e. The van der Waals surface area contributed by atoms with Gasteiger partial charge >= 0.3 is 5.97 Å². The third-order valence-electron chi connectivity index (χ3n) is 5.94. The van der Waals surface area contributed by atoms with Crippen molar-refractivity contribution in [3.05, 3.63) is 29.3 Å². The fourth-order valence-corrected chi connectivity index (χ4v) is 4.65. The standard InChI is InChI=1S/C19H27NO2/c1-4-13-8-6-9-14-15-10-7-11-19(5-2,12-16(21)22-3)18(15)20-17(13)14/h6,8-9,15,18,20H,4-5,7,10-12H2,1-3H3. The van der Waals surface area contributed by atoms with Crippen molar-refractivity contribution < 1.29 is 9.53 Å². The number of fused-ring (bicyclic) bond motifs is 3. The molecule has 1 aliphatic heterocycles. The van der Waals surface area contributed by atoms with E-state index in [0.29, 0.717) is 18.4 Å². The summed E-state index contributed by atoms with van der Waals surface area (Å²) in [5.41, 5.74) is 4.23. The minimum Gasteiger partial charge on any atom is -0.469 e. The molecule has 2 aliphatic rings. The maximum absolute atomic E-state index is 12.0. The van der Waals surface area contributed by atoms with Crippen LogP contribution in [0.5, 0.6) is 0 Å². The number of carbonyl (C=O) groups is 1. The van der Waals surface area contributed by atoms with Gasteiger partial charge in [0.25, 0.3) is 0 Å². The molecule has 120 valence electrons. The number of anilines is 1. The van der Waals surface area contributed by atoms with Crippen molar-refractivity contribution in [2.24, 2.45) is 5.41 Å². The molecule has 0 saturated heterocycles. The highest BCUT2D eigenvalue weighted by atomic mass is 16.5. The Balaban J connectivity index is 1.97. The molecular formula is C19H27NO2. The number of para-hydroxylation sites is 1. The lowest BCUT2D eigenvalue weighted by molar-refractivity contribution is -0.144. The predicted octanol–water partition coefficient (Wildman–Crippen LogP) is 4.27. The minimum absolute atomic E-state index is 0.0278. The number of nitrogens with one attached hydrogen (secondary N) is 1. The average Bonchev–Trinajstić information content (AvgIpc) is 2.94. The van der Waals surface area contributed by atoms with Crippen LogP contribution in [0.25, 0.3) is 0 Å². The number of carbonyl (C=O) groups excluding carboxylic acids is 1. The van der Waals surface area contributed by atoms with E-state index in [2.05, 4.69) is 37.4 Å². The molecule has 1 aromatic rings. The van der Waals surface area contributed by atoms with Crippen LogP contribution in [0, 0.1) is 5.41 Å². The van der Waals surface area contributed by atoms with Gasteiger partial charge in [-0.1, -0.05) is 38.5 Å². The van der Waals surface area contributed by atoms with E-state index in [0.717, 1.165) is 19.3 Å². The summed E-state index contributed by atoms with van der Waals surface area (Å²) in [7, 11) is 1.50. The van der Waals surface area contributed by atoms with Gasteiger partial charge in [-0.15, -0.1) is 0 Å². The van der Waals surface area contributed by atoms with Crippen LogP contribution in [0.2, 0.25) is 0 Å². The molecular weight excluding hydrogens is 274 g/mol. The van der Waals surface area contributed by atoms with Gasteiger partial charge in [0.1, 0.15) is 0 Å². The van der Waals surface area contributed by atoms with Crippen LogP contribution >= 0.6 is 0 Å². The van der Waals surface area contributed by atoms with Crippen LogP contribution in [-0.4, -0.2) is 19.1 Å². The first-order valence-electron chi connectivity index (χ1n) is 8.60. The molecule has 22 heavy (non-hydrogen) atoms. The molecule has 0 aromatic heterocycles. The first-order chi connectivity index (χ1) is 10.6. The summed E-state index contributed by atoms with van der Waals surface area (Å²) in [4.78, 5) is 12.0. The number of hydrogen-bond donors (Lipinski definition) is 1. The van der Waals surface area contributed by atoms with E-state index >= 15 is 0 Å². The molecule has 3 nitrogen and oxygen atoms in total. The topological polar surface area (TPSA) is 38.3 Å². The summed E-state index contributed by atoms with van der Waals surface area (Å²) in [5, 5.41) is 3.82. The molecule has 3 heteroatoms. The van der Waals surface area contributed by atoms with Crippen molar-refractivity contribution in [2.45, 2.75) is 64.3 Å². The lowest BCUT2D eigenvalue weighted by Gasteiger charge is -2.45. The molecule has 0 spiro atoms. The van der Waals surface area contributed by atoms with E-state index in [1.807, 2.05) is 0 Å². The summed E-state index contributed by atoms with van der Waals surface area (Å²) >= 11 is 0. The Morgan fingerprint density at radius 1 is 1.41 bits per heavy atom. The SMILES string of the molecule is CCc1cccc2c1NC1C2CCCC1(CC)CC(=O)OC. The van der Waals surface area contributed by atoms with Crippen molar-refractivity contribution in [1.29, 1.82) is 0 Å². The second kappa shape index (κ2) is 5.94. The van der Waals surface area contributed by atoms with Crippen LogP contribution < -0.4 is 5.32 Å². The molecule has 0 amide bonds. The Morgan fingerprint density at radius 3 is 2.91 bits per heavy atom. The normalized spacial score (nSPS) is 29.4. The van der Waals surface area contributed by atoms with Crippen molar-refractivity contribution >= 4 is 11.7 Å². The summed E-state index contributed by atoms with van der Waals surface area (Å²) < 4.78 is 4.98. The van der Waals surface area contributed by atoms with Gasteiger partial charge in [-0.2, -0.15) is 0 Å². The number of esters is 1. The van der Waals surface area contributed by atoms with Crippen LogP contribution in [0.3, 0.4) is 0 Å². The highest BCUT2D eigenvalue weighted by Gasteiger charge is 2.49. The Kier molecular flexibility index (Phi) is 4.16. The van der Waals surface area contributed by atoms with Gasteiger partial charge in [-0.05, 0) is 36.8 Å². The lowest BCUT2D eigenvalue weighted by Crippen LogP contribution is -2.45. The zero-order valence-corrected chi connectivity index (χ0v) is 13.9. The van der Waals surface area contributed by atoms with Gasteiger partial charge in [0.2, 0.25) is 0 Å². The number of aryl methyl sites for hydroxylation is 1. The number of hydrogen-bond acceptors (Lipinski definition) is 3. The number of ether oxygens (including phenoxy) is 1. The molecule has 3 atom stereocenters. The zero-order valence-electron chi connectivity index (χ0n) is 13.9. The van der Waals surface area contributed by atoms with E-state index in [1.54, 1.807) is 0 Å². The summed E-state index contributed by atoms with van der Waals surface area (Å²) in [5.74, 6) is 0.468. The van der Waals surface area contributed by atoms with E-state index in [-0.39, 0.29) is 11.4 Å². The van der Waals surface area contributed by atoms with Crippen molar-refractivity contribution in [2.75, 3.05) is 12.4 Å². The van der Waals surface area contributed by atoms with Crippen LogP contribution in [0.4, 0.5) is 5.69 Å². The molecule has 1 saturated carbocycles. The minimum atomic E-state index is -0.0732. The highest BCUT2D eigenvalue weighted by Crippen LogP contribution is 2.54. The van der Waals surface area contributed by atoms with Gasteiger partial charge in [0, 0.05) is 23.1 Å². The Morgan fingerprint density at radius 2 is 2.23 bits per heavy atom. The van der Waals surface area contributed by atoms with Crippen molar-refractivity contribution in [3.8, 4) is 0 Å². The fraction of sp³-hybridized carbons (Fsp3) is 0.632. The molecule has 3 unspecified atom stereocenters. The summed E-state index contributed by atoms with van der Waals surface area (Å²) in [6.07, 6.45) is 6.13. The molecule has 3 rings (SSSR count). The summed E-state index contributed by atoms with van der Waals surface area (Å²) in [6, 6.07) is 7.05. The quantitative estimate of drug-likeness (QED) is 0.844. The Labute approximate surface area is 133 Å². The monoisotopic (exact) mass is 301 g/mol. The van der Waals surface area contributed by atoms with Crippen LogP contribution in [-0.2, 0) is 16.0 Å². The lowest BCUT2D eigenvalue weighted by atomic mass is 9.62. The first kappa shape index (κ1) is 15.4. The van der Waals surface area contributed by atoms with E-state index in [1.165, 1.54) is 36.8 Å². The Hall–Kier alpha value is -1.51. The molecule has 1 aromatic carbocycles. The van der Waals surface area contributed by atoms with Gasteiger partial charge < -0.3 is 10.1 Å². The van der Waals surface area contributed by atoms with Crippen molar-refractivity contribution in [3.63, 3.8) is 0 Å². The Bertz CT molecular complexity index is 569. The smallest absolute Gasteiger partial charge is 0.306 e. The molecule has 1 aliphatic carbocycles. The van der Waals surface area contributed by atoms with Crippen LogP contribution in [0.1, 0.15) is 63.0 Å². The third-order valence-corrected chi connectivity index (χ3v) is 5.94. The fourth-order valence-electron chi connectivity index (χ4n) is 4.65.